The summed E-state index contributed by atoms with van der Waals surface area (Å²) in [4.78, 5) is 11.6. The van der Waals surface area contributed by atoms with Crippen molar-refractivity contribution in [2.75, 3.05) is 19.7 Å². The van der Waals surface area contributed by atoms with Crippen LogP contribution >= 0.6 is 0 Å². The van der Waals surface area contributed by atoms with E-state index in [4.69, 9.17) is 10.8 Å². The molecular formula is C11H22N2O2. The number of nitrogens with one attached hydrogen (secondary N) is 1. The Kier molecular flexibility index (Phi) is 5.05. The Morgan fingerprint density at radius 2 is 1.93 bits per heavy atom. The molecule has 0 saturated heterocycles. The van der Waals surface area contributed by atoms with Gasteiger partial charge in [0.05, 0.1) is 5.41 Å². The largest absolute Gasteiger partial charge is 0.396 e. The molecular weight excluding hydrogens is 192 g/mol. The lowest BCUT2D eigenvalue weighted by Crippen LogP contribution is -2.37. The summed E-state index contributed by atoms with van der Waals surface area (Å²) in [6.07, 6.45) is 5.84. The van der Waals surface area contributed by atoms with E-state index in [1.54, 1.807) is 0 Å². The van der Waals surface area contributed by atoms with E-state index < -0.39 is 0 Å². The molecule has 88 valence electrons. The SMILES string of the molecule is NCC1(C(=O)NCCCCCCO)CC1. The number of rotatable bonds is 8. The quantitative estimate of drug-likeness (QED) is 0.512. The first kappa shape index (κ1) is 12.5. The van der Waals surface area contributed by atoms with Gasteiger partial charge in [-0.25, -0.2) is 0 Å². The van der Waals surface area contributed by atoms with Crippen LogP contribution in [0.5, 0.6) is 0 Å². The molecule has 0 atom stereocenters. The molecule has 15 heavy (non-hydrogen) atoms. The van der Waals surface area contributed by atoms with Gasteiger partial charge in [0.15, 0.2) is 0 Å². The summed E-state index contributed by atoms with van der Waals surface area (Å²) in [6, 6.07) is 0. The van der Waals surface area contributed by atoms with E-state index in [2.05, 4.69) is 5.32 Å². The van der Waals surface area contributed by atoms with Crippen LogP contribution in [0.25, 0.3) is 0 Å². The summed E-state index contributed by atoms with van der Waals surface area (Å²) in [5, 5.41) is 11.5. The van der Waals surface area contributed by atoms with E-state index in [-0.39, 0.29) is 17.9 Å². The molecule has 0 aromatic rings. The molecule has 0 aliphatic heterocycles. The van der Waals surface area contributed by atoms with E-state index in [0.29, 0.717) is 6.54 Å². The Labute approximate surface area is 91.2 Å². The van der Waals surface area contributed by atoms with Gasteiger partial charge in [-0.15, -0.1) is 0 Å². The minimum Gasteiger partial charge on any atom is -0.396 e. The summed E-state index contributed by atoms with van der Waals surface area (Å²) in [5.74, 6) is 0.132. The average molecular weight is 214 g/mol. The topological polar surface area (TPSA) is 75.4 Å². The maximum atomic E-state index is 11.6. The van der Waals surface area contributed by atoms with Crippen LogP contribution in [0.4, 0.5) is 0 Å². The molecule has 0 radical (unpaired) electrons. The minimum atomic E-state index is -0.217. The Hall–Kier alpha value is -0.610. The number of carbonyl (C=O) groups excluding carboxylic acids is 1. The third kappa shape index (κ3) is 3.80. The van der Waals surface area contributed by atoms with E-state index in [9.17, 15) is 4.79 Å². The molecule has 4 N–H and O–H groups in total. The van der Waals surface area contributed by atoms with Gasteiger partial charge in [0.1, 0.15) is 0 Å². The van der Waals surface area contributed by atoms with Crippen LogP contribution in [-0.2, 0) is 4.79 Å². The number of aliphatic hydroxyl groups excluding tert-OH is 1. The fourth-order valence-corrected chi connectivity index (χ4v) is 1.65. The van der Waals surface area contributed by atoms with Crippen molar-refractivity contribution in [3.63, 3.8) is 0 Å². The molecule has 0 heterocycles. The normalized spacial score (nSPS) is 17.5. The van der Waals surface area contributed by atoms with Crippen molar-refractivity contribution in [3.8, 4) is 0 Å². The van der Waals surface area contributed by atoms with Crippen LogP contribution in [0.15, 0.2) is 0 Å². The first-order chi connectivity index (χ1) is 7.25. The molecule has 4 nitrogen and oxygen atoms in total. The second-order valence-corrected chi connectivity index (χ2v) is 4.38. The third-order valence-electron chi connectivity index (χ3n) is 3.10. The van der Waals surface area contributed by atoms with Gasteiger partial charge >= 0.3 is 0 Å². The lowest BCUT2D eigenvalue weighted by Gasteiger charge is -2.12. The first-order valence-electron chi connectivity index (χ1n) is 5.84. The number of hydrogen-bond donors (Lipinski definition) is 3. The van der Waals surface area contributed by atoms with Crippen molar-refractivity contribution in [2.45, 2.75) is 38.5 Å². The highest BCUT2D eigenvalue weighted by atomic mass is 16.2. The minimum absolute atomic E-state index is 0.132. The predicted molar refractivity (Wildman–Crippen MR) is 59.3 cm³/mol. The van der Waals surface area contributed by atoms with Crippen molar-refractivity contribution in [1.82, 2.24) is 5.32 Å². The number of unbranched alkanes of at least 4 members (excludes halogenated alkanes) is 3. The number of amides is 1. The molecule has 0 unspecified atom stereocenters. The second kappa shape index (κ2) is 6.08. The van der Waals surface area contributed by atoms with Gasteiger partial charge in [-0.3, -0.25) is 4.79 Å². The zero-order valence-corrected chi connectivity index (χ0v) is 9.30. The predicted octanol–water partition coefficient (Wildman–Crippen LogP) is 0.394. The number of carbonyl (C=O) groups is 1. The summed E-state index contributed by atoms with van der Waals surface area (Å²) >= 11 is 0. The van der Waals surface area contributed by atoms with Gasteiger partial charge in [-0.1, -0.05) is 12.8 Å². The second-order valence-electron chi connectivity index (χ2n) is 4.38. The molecule has 1 rings (SSSR count). The molecule has 1 aliphatic rings. The van der Waals surface area contributed by atoms with Gasteiger partial charge in [0, 0.05) is 19.7 Å². The highest BCUT2D eigenvalue weighted by molar-refractivity contribution is 5.85. The smallest absolute Gasteiger partial charge is 0.227 e. The summed E-state index contributed by atoms with van der Waals surface area (Å²) in [6.45, 7) is 1.48. The molecule has 0 spiro atoms. The molecule has 0 aromatic heterocycles. The number of aliphatic hydroxyl groups is 1. The third-order valence-corrected chi connectivity index (χ3v) is 3.10. The molecule has 0 aromatic carbocycles. The van der Waals surface area contributed by atoms with Crippen molar-refractivity contribution in [2.24, 2.45) is 11.1 Å². The Morgan fingerprint density at radius 3 is 2.47 bits per heavy atom. The maximum absolute atomic E-state index is 11.6. The lowest BCUT2D eigenvalue weighted by atomic mass is 10.1. The van der Waals surface area contributed by atoms with E-state index >= 15 is 0 Å². The zero-order chi connectivity index (χ0) is 11.1. The number of nitrogens with two attached hydrogens (primary N) is 1. The zero-order valence-electron chi connectivity index (χ0n) is 9.30. The Bertz CT molecular complexity index is 203. The van der Waals surface area contributed by atoms with Crippen LogP contribution < -0.4 is 11.1 Å². The van der Waals surface area contributed by atoms with Crippen molar-refractivity contribution in [1.29, 1.82) is 0 Å². The fourth-order valence-electron chi connectivity index (χ4n) is 1.65. The van der Waals surface area contributed by atoms with Gasteiger partial charge in [0.2, 0.25) is 5.91 Å². The fraction of sp³-hybridized carbons (Fsp3) is 0.909. The molecule has 1 saturated carbocycles. The van der Waals surface area contributed by atoms with E-state index in [1.807, 2.05) is 0 Å². The highest BCUT2D eigenvalue weighted by Gasteiger charge is 2.48. The summed E-state index contributed by atoms with van der Waals surface area (Å²) in [7, 11) is 0. The summed E-state index contributed by atoms with van der Waals surface area (Å²) < 4.78 is 0. The highest BCUT2D eigenvalue weighted by Crippen LogP contribution is 2.44. The van der Waals surface area contributed by atoms with Gasteiger partial charge in [-0.05, 0) is 25.7 Å². The Balaban J connectivity index is 1.98. The number of hydrogen-bond acceptors (Lipinski definition) is 3. The molecule has 1 fully saturated rings. The molecule has 1 amide bonds. The van der Waals surface area contributed by atoms with Crippen molar-refractivity contribution < 1.29 is 9.90 Å². The van der Waals surface area contributed by atoms with Gasteiger partial charge in [0.25, 0.3) is 0 Å². The van der Waals surface area contributed by atoms with Crippen LogP contribution in [-0.4, -0.2) is 30.7 Å². The lowest BCUT2D eigenvalue weighted by molar-refractivity contribution is -0.125. The first-order valence-corrected chi connectivity index (χ1v) is 5.84. The maximum Gasteiger partial charge on any atom is 0.227 e. The van der Waals surface area contributed by atoms with Crippen molar-refractivity contribution >= 4 is 5.91 Å². The van der Waals surface area contributed by atoms with Gasteiger partial charge in [-0.2, -0.15) is 0 Å². The average Bonchev–Trinajstić information content (AvgIpc) is 3.03. The van der Waals surface area contributed by atoms with E-state index in [1.165, 1.54) is 0 Å². The Morgan fingerprint density at radius 1 is 1.27 bits per heavy atom. The molecule has 1 aliphatic carbocycles. The van der Waals surface area contributed by atoms with Gasteiger partial charge < -0.3 is 16.2 Å². The van der Waals surface area contributed by atoms with E-state index in [0.717, 1.165) is 45.1 Å². The van der Waals surface area contributed by atoms with Crippen LogP contribution in [0.1, 0.15) is 38.5 Å². The monoisotopic (exact) mass is 214 g/mol. The van der Waals surface area contributed by atoms with Crippen LogP contribution in [0, 0.1) is 5.41 Å². The summed E-state index contributed by atoms with van der Waals surface area (Å²) in [5.41, 5.74) is 5.33. The molecule has 0 bridgehead atoms. The van der Waals surface area contributed by atoms with Crippen LogP contribution in [0.3, 0.4) is 0 Å². The van der Waals surface area contributed by atoms with Crippen LogP contribution in [0.2, 0.25) is 0 Å². The molecule has 4 heteroatoms. The van der Waals surface area contributed by atoms with Crippen molar-refractivity contribution in [3.05, 3.63) is 0 Å². The standard InChI is InChI=1S/C11H22N2O2/c12-9-11(5-6-11)10(15)13-7-3-1-2-4-8-14/h14H,1-9,12H2,(H,13,15).